The smallest absolute Gasteiger partial charge is 0.343 e. The maximum atomic E-state index is 11.0. The Morgan fingerprint density at radius 1 is 1.15 bits per heavy atom. The monoisotopic (exact) mass is 294 g/mol. The zero-order valence-electron chi connectivity index (χ0n) is 13.4. The van der Waals surface area contributed by atoms with Crippen molar-refractivity contribution >= 4 is 14.0 Å². The van der Waals surface area contributed by atoms with Gasteiger partial charge in [-0.25, -0.2) is 4.79 Å². The first-order chi connectivity index (χ1) is 9.15. The van der Waals surface area contributed by atoms with Crippen LogP contribution in [0.4, 0.5) is 0 Å². The molecular formula is C16H26O3Si. The van der Waals surface area contributed by atoms with Crippen molar-refractivity contribution in [1.82, 2.24) is 0 Å². The van der Waals surface area contributed by atoms with Crippen LogP contribution < -0.4 is 4.74 Å². The molecule has 0 aliphatic carbocycles. The number of ether oxygens (including phenoxy) is 2. The molecule has 1 rings (SSSR count). The van der Waals surface area contributed by atoms with Crippen LogP contribution >= 0.6 is 0 Å². The van der Waals surface area contributed by atoms with Gasteiger partial charge in [0.2, 0.25) is 0 Å². The maximum absolute atomic E-state index is 11.0. The summed E-state index contributed by atoms with van der Waals surface area (Å²) in [5.41, 5.74) is 1.34. The number of rotatable bonds is 5. The number of hydrogen-bond acceptors (Lipinski definition) is 3. The molecule has 0 aromatic heterocycles. The van der Waals surface area contributed by atoms with Crippen molar-refractivity contribution in [3.05, 3.63) is 29.8 Å². The van der Waals surface area contributed by atoms with Crippen LogP contribution in [0.3, 0.4) is 0 Å². The minimum Gasteiger partial charge on any atom is -0.482 e. The Morgan fingerprint density at radius 3 is 2.15 bits per heavy atom. The third-order valence-corrected chi connectivity index (χ3v) is 9.54. The summed E-state index contributed by atoms with van der Waals surface area (Å²) in [6.07, 6.45) is 0. The molecule has 1 aromatic carbocycles. The molecule has 3 nitrogen and oxygen atoms in total. The lowest BCUT2D eigenvalue weighted by Gasteiger charge is -2.37. The molecule has 0 saturated carbocycles. The molecule has 0 radical (unpaired) electrons. The Morgan fingerprint density at radius 2 is 1.70 bits per heavy atom. The Hall–Kier alpha value is -1.29. The van der Waals surface area contributed by atoms with E-state index in [0.717, 1.165) is 6.04 Å². The van der Waals surface area contributed by atoms with Crippen LogP contribution in [-0.2, 0) is 15.6 Å². The van der Waals surface area contributed by atoms with Crippen LogP contribution in [0.25, 0.3) is 0 Å². The summed E-state index contributed by atoms with van der Waals surface area (Å²) in [6.45, 7) is 11.8. The van der Waals surface area contributed by atoms with E-state index in [9.17, 15) is 4.79 Å². The topological polar surface area (TPSA) is 35.5 Å². The molecule has 0 bridgehead atoms. The number of hydrogen-bond donors (Lipinski definition) is 0. The van der Waals surface area contributed by atoms with Crippen molar-refractivity contribution in [2.24, 2.45) is 0 Å². The fourth-order valence-corrected chi connectivity index (χ4v) is 3.47. The Labute approximate surface area is 123 Å². The van der Waals surface area contributed by atoms with Crippen molar-refractivity contribution in [2.45, 2.75) is 44.9 Å². The molecule has 0 aliphatic rings. The lowest BCUT2D eigenvalue weighted by atomic mass is 10.2. The molecule has 0 heterocycles. The van der Waals surface area contributed by atoms with Gasteiger partial charge in [0.25, 0.3) is 0 Å². The molecule has 20 heavy (non-hydrogen) atoms. The van der Waals surface area contributed by atoms with Crippen molar-refractivity contribution in [3.63, 3.8) is 0 Å². The summed E-state index contributed by atoms with van der Waals surface area (Å²) in [4.78, 5) is 11.0. The summed E-state index contributed by atoms with van der Waals surface area (Å²) in [7, 11) is 0.0349. The first-order valence-corrected chi connectivity index (χ1v) is 10.1. The second-order valence-corrected chi connectivity index (χ2v) is 12.4. The fourth-order valence-electron chi connectivity index (χ4n) is 1.68. The van der Waals surface area contributed by atoms with Gasteiger partial charge in [-0.15, -0.1) is 0 Å². The van der Waals surface area contributed by atoms with Crippen molar-refractivity contribution in [3.8, 4) is 5.75 Å². The minimum atomic E-state index is -1.32. The molecule has 0 amide bonds. The summed E-state index contributed by atoms with van der Waals surface area (Å²) in [6, 6.07) is 9.17. The van der Waals surface area contributed by atoms with Gasteiger partial charge in [0, 0.05) is 0 Å². The molecule has 0 fully saturated rings. The third-order valence-electron chi connectivity index (χ3n) is 4.18. The van der Waals surface area contributed by atoms with Gasteiger partial charge in [0.05, 0.1) is 15.2 Å². The van der Waals surface area contributed by atoms with E-state index >= 15 is 0 Å². The predicted molar refractivity (Wildman–Crippen MR) is 84.9 cm³/mol. The quantitative estimate of drug-likeness (QED) is 0.611. The molecule has 4 heteroatoms. The number of carbonyl (C=O) groups excluding carboxylic acids is 1. The van der Waals surface area contributed by atoms with Gasteiger partial charge >= 0.3 is 5.97 Å². The van der Waals surface area contributed by atoms with Crippen molar-refractivity contribution in [2.75, 3.05) is 13.7 Å². The van der Waals surface area contributed by atoms with E-state index < -0.39 is 8.07 Å². The molecule has 0 unspecified atom stereocenters. The highest BCUT2D eigenvalue weighted by atomic mass is 28.3. The average molecular weight is 294 g/mol. The van der Waals surface area contributed by atoms with E-state index in [1.54, 1.807) is 0 Å². The molecule has 0 spiro atoms. The van der Waals surface area contributed by atoms with E-state index in [1.807, 2.05) is 12.1 Å². The molecule has 0 atom stereocenters. The molecule has 0 saturated heterocycles. The standard InChI is InChI=1S/C16H26O3Si/c1-16(2,3)20(5,6)12-13-7-9-14(10-8-13)19-11-15(17)18-4/h7-10H,11-12H2,1-6H3. The van der Waals surface area contributed by atoms with Gasteiger partial charge in [0.15, 0.2) is 6.61 Å². The first kappa shape index (κ1) is 16.8. The predicted octanol–water partition coefficient (Wildman–Crippen LogP) is 3.83. The third kappa shape index (κ3) is 4.67. The van der Waals surface area contributed by atoms with E-state index in [-0.39, 0.29) is 12.6 Å². The number of methoxy groups -OCH3 is 1. The van der Waals surface area contributed by atoms with Crippen LogP contribution in [0.1, 0.15) is 26.3 Å². The average Bonchev–Trinajstić information content (AvgIpc) is 2.35. The van der Waals surface area contributed by atoms with Crippen LogP contribution in [0, 0.1) is 0 Å². The highest BCUT2D eigenvalue weighted by Gasteiger charge is 2.34. The first-order valence-electron chi connectivity index (χ1n) is 6.94. The van der Waals surface area contributed by atoms with Gasteiger partial charge in [-0.3, -0.25) is 0 Å². The zero-order valence-corrected chi connectivity index (χ0v) is 14.4. The Bertz CT molecular complexity index is 444. The van der Waals surface area contributed by atoms with Gasteiger partial charge in [-0.1, -0.05) is 51.6 Å². The van der Waals surface area contributed by atoms with Crippen LogP contribution in [0.15, 0.2) is 24.3 Å². The van der Waals surface area contributed by atoms with Gasteiger partial charge < -0.3 is 9.47 Å². The largest absolute Gasteiger partial charge is 0.482 e. The van der Waals surface area contributed by atoms with Crippen LogP contribution in [0.5, 0.6) is 5.75 Å². The van der Waals surface area contributed by atoms with Gasteiger partial charge in [-0.2, -0.15) is 0 Å². The minimum absolute atomic E-state index is 0.0436. The van der Waals surface area contributed by atoms with Crippen molar-refractivity contribution < 1.29 is 14.3 Å². The second kappa shape index (κ2) is 6.44. The second-order valence-electron chi connectivity index (χ2n) is 6.82. The lowest BCUT2D eigenvalue weighted by Crippen LogP contribution is -2.39. The molecule has 0 N–H and O–H groups in total. The highest BCUT2D eigenvalue weighted by molar-refractivity contribution is 6.79. The molecule has 112 valence electrons. The summed E-state index contributed by atoms with van der Waals surface area (Å²) in [5.74, 6) is 0.338. The summed E-state index contributed by atoms with van der Waals surface area (Å²) in [5, 5.41) is 0.382. The fraction of sp³-hybridized carbons (Fsp3) is 0.562. The van der Waals surface area contributed by atoms with Gasteiger partial charge in [0.1, 0.15) is 5.75 Å². The molecule has 0 aliphatic heterocycles. The number of esters is 1. The summed E-state index contributed by atoms with van der Waals surface area (Å²) >= 11 is 0. The van der Waals surface area contributed by atoms with E-state index in [0.29, 0.717) is 10.8 Å². The zero-order chi connectivity index (χ0) is 15.4. The number of benzene rings is 1. The highest BCUT2D eigenvalue weighted by Crippen LogP contribution is 2.38. The van der Waals surface area contributed by atoms with Crippen LogP contribution in [-0.4, -0.2) is 27.8 Å². The van der Waals surface area contributed by atoms with E-state index in [4.69, 9.17) is 4.74 Å². The Kier molecular flexibility index (Phi) is 5.40. The van der Waals surface area contributed by atoms with Gasteiger partial charge in [-0.05, 0) is 23.2 Å². The molecule has 1 aromatic rings. The normalized spacial score (nSPS) is 12.1. The molecular weight excluding hydrogens is 268 g/mol. The number of carbonyl (C=O) groups is 1. The SMILES string of the molecule is COC(=O)COc1ccc(C[Si](C)(C)C(C)(C)C)cc1. The van der Waals surface area contributed by atoms with Crippen LogP contribution in [0.2, 0.25) is 18.1 Å². The summed E-state index contributed by atoms with van der Waals surface area (Å²) < 4.78 is 9.89. The van der Waals surface area contributed by atoms with Crippen molar-refractivity contribution in [1.29, 1.82) is 0 Å². The van der Waals surface area contributed by atoms with E-state index in [1.165, 1.54) is 12.7 Å². The lowest BCUT2D eigenvalue weighted by molar-refractivity contribution is -0.142. The maximum Gasteiger partial charge on any atom is 0.343 e. The van der Waals surface area contributed by atoms with E-state index in [2.05, 4.69) is 50.7 Å². The Balaban J connectivity index is 2.65.